The standard InChI is InChI=1S/C13H18O/c1-4-6-10(2)9-12-11(3)7-5-8-13(12)14/h4-8,10,14H,9H2,1-3H3/b6-4-. The highest BCUT2D eigenvalue weighted by Gasteiger charge is 2.06. The van der Waals surface area contributed by atoms with Crippen molar-refractivity contribution < 1.29 is 5.11 Å². The van der Waals surface area contributed by atoms with Crippen LogP contribution in [0, 0.1) is 12.8 Å². The molecule has 1 heteroatoms. The molecule has 1 aromatic rings. The van der Waals surface area contributed by atoms with Crippen molar-refractivity contribution in [1.29, 1.82) is 0 Å². The Balaban J connectivity index is 2.85. The van der Waals surface area contributed by atoms with Gasteiger partial charge in [-0.1, -0.05) is 31.2 Å². The molecule has 14 heavy (non-hydrogen) atoms. The number of aromatic hydroxyl groups is 1. The molecule has 0 fully saturated rings. The molecule has 1 atom stereocenters. The maximum Gasteiger partial charge on any atom is 0.119 e. The molecule has 0 aliphatic rings. The van der Waals surface area contributed by atoms with Gasteiger partial charge in [0.05, 0.1) is 0 Å². The van der Waals surface area contributed by atoms with E-state index in [1.54, 1.807) is 6.07 Å². The van der Waals surface area contributed by atoms with Crippen molar-refractivity contribution >= 4 is 0 Å². The van der Waals surface area contributed by atoms with Crippen molar-refractivity contribution in [3.05, 3.63) is 41.5 Å². The van der Waals surface area contributed by atoms with Crippen molar-refractivity contribution in [1.82, 2.24) is 0 Å². The van der Waals surface area contributed by atoms with Crippen molar-refractivity contribution in [2.45, 2.75) is 27.2 Å². The summed E-state index contributed by atoms with van der Waals surface area (Å²) in [6.07, 6.45) is 5.12. The summed E-state index contributed by atoms with van der Waals surface area (Å²) in [6, 6.07) is 5.68. The van der Waals surface area contributed by atoms with Crippen LogP contribution in [-0.2, 0) is 6.42 Å². The first-order chi connectivity index (χ1) is 6.65. The van der Waals surface area contributed by atoms with Crippen LogP contribution in [0.15, 0.2) is 30.4 Å². The van der Waals surface area contributed by atoms with E-state index in [4.69, 9.17) is 0 Å². The molecule has 1 nitrogen and oxygen atoms in total. The van der Waals surface area contributed by atoms with Crippen LogP contribution in [0.3, 0.4) is 0 Å². The Labute approximate surface area is 86.1 Å². The largest absolute Gasteiger partial charge is 0.508 e. The molecule has 1 rings (SSSR count). The molecule has 0 radical (unpaired) electrons. The van der Waals surface area contributed by atoms with Gasteiger partial charge < -0.3 is 5.11 Å². The number of phenolic OH excluding ortho intramolecular Hbond substituents is 1. The van der Waals surface area contributed by atoms with Gasteiger partial charge in [-0.15, -0.1) is 0 Å². The van der Waals surface area contributed by atoms with Gasteiger partial charge in [-0.2, -0.15) is 0 Å². The van der Waals surface area contributed by atoms with E-state index in [1.165, 1.54) is 5.56 Å². The first kappa shape index (κ1) is 10.8. The zero-order valence-electron chi connectivity index (χ0n) is 9.12. The highest BCUT2D eigenvalue weighted by molar-refractivity contribution is 5.38. The zero-order chi connectivity index (χ0) is 10.6. The molecule has 1 N–H and O–H groups in total. The van der Waals surface area contributed by atoms with Gasteiger partial charge in [0.1, 0.15) is 5.75 Å². The monoisotopic (exact) mass is 190 g/mol. The predicted molar refractivity (Wildman–Crippen MR) is 60.5 cm³/mol. The third-order valence-corrected chi connectivity index (χ3v) is 2.43. The lowest BCUT2D eigenvalue weighted by atomic mass is 9.96. The number of hydrogen-bond acceptors (Lipinski definition) is 1. The van der Waals surface area contributed by atoms with E-state index in [2.05, 4.69) is 19.1 Å². The van der Waals surface area contributed by atoms with Crippen molar-refractivity contribution in [3.63, 3.8) is 0 Å². The number of allylic oxidation sites excluding steroid dienone is 2. The second-order valence-corrected chi connectivity index (χ2v) is 3.78. The SMILES string of the molecule is C/C=C\C(C)Cc1c(C)cccc1O. The lowest BCUT2D eigenvalue weighted by Crippen LogP contribution is -1.98. The Bertz CT molecular complexity index is 306. The van der Waals surface area contributed by atoms with E-state index in [1.807, 2.05) is 26.0 Å². The second-order valence-electron chi connectivity index (χ2n) is 3.78. The first-order valence-electron chi connectivity index (χ1n) is 5.05. The van der Waals surface area contributed by atoms with Gasteiger partial charge in [0, 0.05) is 0 Å². The summed E-state index contributed by atoms with van der Waals surface area (Å²) in [7, 11) is 0. The summed E-state index contributed by atoms with van der Waals surface area (Å²) in [5.74, 6) is 0.897. The summed E-state index contributed by atoms with van der Waals surface area (Å²) in [6.45, 7) is 6.22. The quantitative estimate of drug-likeness (QED) is 0.724. The summed E-state index contributed by atoms with van der Waals surface area (Å²) in [4.78, 5) is 0. The highest BCUT2D eigenvalue weighted by atomic mass is 16.3. The number of rotatable bonds is 3. The molecule has 0 amide bonds. The predicted octanol–water partition coefficient (Wildman–Crippen LogP) is 3.46. The molecule has 0 heterocycles. The van der Waals surface area contributed by atoms with Crippen molar-refractivity contribution in [2.75, 3.05) is 0 Å². The third kappa shape index (κ3) is 2.63. The number of aryl methyl sites for hydroxylation is 1. The van der Waals surface area contributed by atoms with Gasteiger partial charge in [0.15, 0.2) is 0 Å². The van der Waals surface area contributed by atoms with E-state index in [0.29, 0.717) is 11.7 Å². The molecular formula is C13H18O. The van der Waals surface area contributed by atoms with Crippen molar-refractivity contribution in [2.24, 2.45) is 5.92 Å². The molecule has 0 aliphatic heterocycles. The Morgan fingerprint density at radius 3 is 2.71 bits per heavy atom. The Hall–Kier alpha value is -1.24. The molecular weight excluding hydrogens is 172 g/mol. The van der Waals surface area contributed by atoms with Crippen LogP contribution < -0.4 is 0 Å². The zero-order valence-corrected chi connectivity index (χ0v) is 9.12. The Kier molecular flexibility index (Phi) is 3.75. The molecule has 0 aromatic heterocycles. The van der Waals surface area contributed by atoms with Crippen LogP contribution in [0.2, 0.25) is 0 Å². The van der Waals surface area contributed by atoms with Gasteiger partial charge in [0.25, 0.3) is 0 Å². The maximum atomic E-state index is 9.68. The van der Waals surface area contributed by atoms with Crippen LogP contribution in [0.5, 0.6) is 5.75 Å². The van der Waals surface area contributed by atoms with E-state index in [0.717, 1.165) is 12.0 Å². The van der Waals surface area contributed by atoms with Crippen LogP contribution in [0.25, 0.3) is 0 Å². The fourth-order valence-corrected chi connectivity index (χ4v) is 1.67. The van der Waals surface area contributed by atoms with Crippen LogP contribution >= 0.6 is 0 Å². The number of benzene rings is 1. The normalized spacial score (nSPS) is 13.4. The summed E-state index contributed by atoms with van der Waals surface area (Å²) in [5.41, 5.74) is 2.24. The minimum absolute atomic E-state index is 0.418. The lowest BCUT2D eigenvalue weighted by molar-refractivity contribution is 0.464. The van der Waals surface area contributed by atoms with Gasteiger partial charge in [-0.25, -0.2) is 0 Å². The van der Waals surface area contributed by atoms with Gasteiger partial charge >= 0.3 is 0 Å². The first-order valence-corrected chi connectivity index (χ1v) is 5.05. The number of hydrogen-bond donors (Lipinski definition) is 1. The third-order valence-electron chi connectivity index (χ3n) is 2.43. The Morgan fingerprint density at radius 2 is 2.14 bits per heavy atom. The minimum atomic E-state index is 0.418. The molecule has 1 unspecified atom stereocenters. The summed E-state index contributed by atoms with van der Waals surface area (Å²) >= 11 is 0. The molecule has 0 bridgehead atoms. The van der Waals surface area contributed by atoms with Crippen molar-refractivity contribution in [3.8, 4) is 5.75 Å². The van der Waals surface area contributed by atoms with Crippen LogP contribution in [0.4, 0.5) is 0 Å². The van der Waals surface area contributed by atoms with E-state index in [-0.39, 0.29) is 0 Å². The van der Waals surface area contributed by atoms with Crippen LogP contribution in [-0.4, -0.2) is 5.11 Å². The summed E-state index contributed by atoms with van der Waals surface area (Å²) < 4.78 is 0. The van der Waals surface area contributed by atoms with Gasteiger partial charge in [0.2, 0.25) is 0 Å². The van der Waals surface area contributed by atoms with E-state index in [9.17, 15) is 5.11 Å². The molecule has 0 saturated heterocycles. The van der Waals surface area contributed by atoms with Gasteiger partial charge in [-0.3, -0.25) is 0 Å². The average molecular weight is 190 g/mol. The van der Waals surface area contributed by atoms with E-state index >= 15 is 0 Å². The minimum Gasteiger partial charge on any atom is -0.508 e. The smallest absolute Gasteiger partial charge is 0.119 e. The van der Waals surface area contributed by atoms with E-state index < -0.39 is 0 Å². The average Bonchev–Trinajstić information content (AvgIpc) is 2.12. The molecule has 76 valence electrons. The molecule has 0 aliphatic carbocycles. The second kappa shape index (κ2) is 4.85. The lowest BCUT2D eigenvalue weighted by Gasteiger charge is -2.11. The number of phenols is 1. The molecule has 0 saturated carbocycles. The topological polar surface area (TPSA) is 20.2 Å². The van der Waals surface area contributed by atoms with Crippen LogP contribution in [0.1, 0.15) is 25.0 Å². The maximum absolute atomic E-state index is 9.68. The van der Waals surface area contributed by atoms with Gasteiger partial charge in [-0.05, 0) is 43.4 Å². The molecule has 1 aromatic carbocycles. The Morgan fingerprint density at radius 1 is 1.43 bits per heavy atom. The summed E-state index contributed by atoms with van der Waals surface area (Å²) in [5, 5.41) is 9.68. The molecule has 0 spiro atoms. The fraction of sp³-hybridized carbons (Fsp3) is 0.385. The highest BCUT2D eigenvalue weighted by Crippen LogP contribution is 2.23. The fourth-order valence-electron chi connectivity index (χ4n) is 1.67.